The Balaban J connectivity index is 2.04. The van der Waals surface area contributed by atoms with Crippen LogP contribution in [0.1, 0.15) is 11.3 Å². The van der Waals surface area contributed by atoms with Crippen molar-refractivity contribution >= 4 is 28.8 Å². The lowest BCUT2D eigenvalue weighted by Crippen LogP contribution is -1.83. The highest BCUT2D eigenvalue weighted by Gasteiger charge is 2.07. The van der Waals surface area contributed by atoms with E-state index in [-0.39, 0.29) is 0 Å². The van der Waals surface area contributed by atoms with Crippen molar-refractivity contribution in [2.24, 2.45) is 10.2 Å². The molecule has 2 heterocycles. The zero-order valence-electron chi connectivity index (χ0n) is 11.2. The number of halogens is 1. The highest BCUT2D eigenvalue weighted by molar-refractivity contribution is 6.30. The molecule has 0 fully saturated rings. The van der Waals surface area contributed by atoms with Crippen LogP contribution in [0, 0.1) is 13.8 Å². The number of benzene rings is 1. The second kappa shape index (κ2) is 5.06. The average Bonchev–Trinajstić information content (AvgIpc) is 2.71. The van der Waals surface area contributed by atoms with Crippen LogP contribution in [0.5, 0.6) is 0 Å². The first kappa shape index (κ1) is 12.8. The summed E-state index contributed by atoms with van der Waals surface area (Å²) in [5.74, 6) is 0.736. The average molecular weight is 285 g/mol. The standard InChI is InChI=1S/C15H13ClN4/c1-10-6-7-20-14(8-10)17-11(2)15(20)19-18-13-5-3-4-12(16)9-13/h3-9H,1-2H3. The Hall–Kier alpha value is -2.20. The van der Waals surface area contributed by atoms with Crippen LogP contribution in [0.2, 0.25) is 5.02 Å². The zero-order chi connectivity index (χ0) is 14.1. The highest BCUT2D eigenvalue weighted by Crippen LogP contribution is 2.25. The molecule has 2 aromatic heterocycles. The van der Waals surface area contributed by atoms with Gasteiger partial charge in [0.1, 0.15) is 5.65 Å². The summed E-state index contributed by atoms with van der Waals surface area (Å²) < 4.78 is 1.93. The molecule has 0 atom stereocenters. The number of aryl methyl sites for hydroxylation is 2. The minimum absolute atomic E-state index is 0.645. The summed E-state index contributed by atoms with van der Waals surface area (Å²) in [6.07, 6.45) is 1.96. The smallest absolute Gasteiger partial charge is 0.182 e. The van der Waals surface area contributed by atoms with Gasteiger partial charge in [0.15, 0.2) is 5.82 Å². The third-order valence-corrected chi connectivity index (χ3v) is 3.23. The van der Waals surface area contributed by atoms with E-state index < -0.39 is 0 Å². The van der Waals surface area contributed by atoms with Gasteiger partial charge < -0.3 is 0 Å². The third kappa shape index (κ3) is 2.42. The van der Waals surface area contributed by atoms with Gasteiger partial charge in [-0.3, -0.25) is 4.40 Å². The topological polar surface area (TPSA) is 42.0 Å². The molecule has 20 heavy (non-hydrogen) atoms. The van der Waals surface area contributed by atoms with Crippen LogP contribution in [0.4, 0.5) is 11.5 Å². The summed E-state index contributed by atoms with van der Waals surface area (Å²) in [7, 11) is 0. The molecule has 0 aliphatic rings. The van der Waals surface area contributed by atoms with Crippen molar-refractivity contribution in [2.75, 3.05) is 0 Å². The van der Waals surface area contributed by atoms with E-state index >= 15 is 0 Å². The number of azo groups is 1. The van der Waals surface area contributed by atoms with Crippen molar-refractivity contribution in [2.45, 2.75) is 13.8 Å². The molecule has 1 aromatic carbocycles. The first-order valence-corrected chi connectivity index (χ1v) is 6.64. The minimum atomic E-state index is 0.645. The number of nitrogens with zero attached hydrogens (tertiary/aromatic N) is 4. The van der Waals surface area contributed by atoms with E-state index in [0.717, 1.165) is 22.8 Å². The van der Waals surface area contributed by atoms with Gasteiger partial charge in [0, 0.05) is 11.2 Å². The Labute approximate surface area is 121 Å². The number of fused-ring (bicyclic) bond motifs is 1. The van der Waals surface area contributed by atoms with Gasteiger partial charge in [-0.05, 0) is 49.7 Å². The van der Waals surface area contributed by atoms with Crippen molar-refractivity contribution in [3.63, 3.8) is 0 Å². The van der Waals surface area contributed by atoms with E-state index in [1.54, 1.807) is 6.07 Å². The predicted molar refractivity (Wildman–Crippen MR) is 80.3 cm³/mol. The second-order valence-corrected chi connectivity index (χ2v) is 5.07. The lowest BCUT2D eigenvalue weighted by atomic mass is 10.3. The number of hydrogen-bond acceptors (Lipinski definition) is 3. The molecule has 3 aromatic rings. The Kier molecular flexibility index (Phi) is 3.24. The highest BCUT2D eigenvalue weighted by atomic mass is 35.5. The quantitative estimate of drug-likeness (QED) is 0.609. The summed E-state index contributed by atoms with van der Waals surface area (Å²) in [5, 5.41) is 9.17. The molecular weight excluding hydrogens is 272 g/mol. The monoisotopic (exact) mass is 284 g/mol. The predicted octanol–water partition coefficient (Wildman–Crippen LogP) is 5.02. The van der Waals surface area contributed by atoms with E-state index in [2.05, 4.69) is 15.2 Å². The lowest BCUT2D eigenvalue weighted by Gasteiger charge is -1.97. The van der Waals surface area contributed by atoms with Crippen molar-refractivity contribution in [1.82, 2.24) is 9.38 Å². The van der Waals surface area contributed by atoms with Crippen LogP contribution < -0.4 is 0 Å². The van der Waals surface area contributed by atoms with Crippen molar-refractivity contribution in [3.8, 4) is 0 Å². The molecule has 0 amide bonds. The first-order chi connectivity index (χ1) is 9.63. The maximum absolute atomic E-state index is 5.93. The SMILES string of the molecule is Cc1ccn2c(N=Nc3cccc(Cl)c3)c(C)nc2c1. The van der Waals surface area contributed by atoms with Crippen LogP contribution in [-0.4, -0.2) is 9.38 Å². The maximum atomic E-state index is 5.93. The van der Waals surface area contributed by atoms with E-state index in [1.165, 1.54) is 5.56 Å². The molecule has 0 spiro atoms. The molecule has 0 saturated heterocycles. The molecular formula is C15H13ClN4. The summed E-state index contributed by atoms with van der Waals surface area (Å²) in [4.78, 5) is 4.49. The Morgan fingerprint density at radius 3 is 2.75 bits per heavy atom. The van der Waals surface area contributed by atoms with Crippen molar-refractivity contribution in [3.05, 3.63) is 58.9 Å². The van der Waals surface area contributed by atoms with E-state index in [9.17, 15) is 0 Å². The summed E-state index contributed by atoms with van der Waals surface area (Å²) in [6, 6.07) is 11.3. The second-order valence-electron chi connectivity index (χ2n) is 4.63. The summed E-state index contributed by atoms with van der Waals surface area (Å²) in [5.41, 5.74) is 3.61. The molecule has 4 nitrogen and oxygen atoms in total. The van der Waals surface area contributed by atoms with Crippen LogP contribution in [0.25, 0.3) is 5.65 Å². The van der Waals surface area contributed by atoms with Crippen molar-refractivity contribution < 1.29 is 0 Å². The van der Waals surface area contributed by atoms with E-state index in [1.807, 2.05) is 54.8 Å². The zero-order valence-corrected chi connectivity index (χ0v) is 12.0. The normalized spacial score (nSPS) is 11.6. The Bertz CT molecular complexity index is 805. The lowest BCUT2D eigenvalue weighted by molar-refractivity contribution is 1.09. The fraction of sp³-hybridized carbons (Fsp3) is 0.133. The van der Waals surface area contributed by atoms with Gasteiger partial charge in [0.2, 0.25) is 0 Å². The molecule has 0 unspecified atom stereocenters. The first-order valence-electron chi connectivity index (χ1n) is 6.26. The number of rotatable bonds is 2. The molecule has 0 bridgehead atoms. The molecule has 0 aliphatic heterocycles. The van der Waals surface area contributed by atoms with Crippen LogP contribution >= 0.6 is 11.6 Å². The number of hydrogen-bond donors (Lipinski definition) is 0. The third-order valence-electron chi connectivity index (χ3n) is 2.99. The van der Waals surface area contributed by atoms with Crippen LogP contribution in [0.3, 0.4) is 0 Å². The summed E-state index contributed by atoms with van der Waals surface area (Å²) in [6.45, 7) is 3.96. The largest absolute Gasteiger partial charge is 0.283 e. The van der Waals surface area contributed by atoms with Crippen molar-refractivity contribution in [1.29, 1.82) is 0 Å². The minimum Gasteiger partial charge on any atom is -0.283 e. The van der Waals surface area contributed by atoms with E-state index in [4.69, 9.17) is 11.6 Å². The fourth-order valence-electron chi connectivity index (χ4n) is 2.02. The van der Waals surface area contributed by atoms with Gasteiger partial charge in [-0.2, -0.15) is 0 Å². The Morgan fingerprint density at radius 1 is 1.10 bits per heavy atom. The number of pyridine rings is 1. The van der Waals surface area contributed by atoms with Gasteiger partial charge in [0.05, 0.1) is 11.4 Å². The van der Waals surface area contributed by atoms with E-state index in [0.29, 0.717) is 5.02 Å². The molecule has 0 aliphatic carbocycles. The van der Waals surface area contributed by atoms with Gasteiger partial charge in [-0.1, -0.05) is 17.7 Å². The van der Waals surface area contributed by atoms with Crippen LogP contribution in [-0.2, 0) is 0 Å². The van der Waals surface area contributed by atoms with Gasteiger partial charge in [-0.15, -0.1) is 10.2 Å². The van der Waals surface area contributed by atoms with Crippen LogP contribution in [0.15, 0.2) is 52.8 Å². The molecule has 5 heteroatoms. The van der Waals surface area contributed by atoms with Gasteiger partial charge >= 0.3 is 0 Å². The molecule has 100 valence electrons. The molecule has 3 rings (SSSR count). The summed E-state index contributed by atoms with van der Waals surface area (Å²) >= 11 is 5.93. The van der Waals surface area contributed by atoms with Gasteiger partial charge in [0.25, 0.3) is 0 Å². The molecule has 0 saturated carbocycles. The maximum Gasteiger partial charge on any atom is 0.182 e. The molecule has 0 N–H and O–H groups in total. The number of aromatic nitrogens is 2. The Morgan fingerprint density at radius 2 is 1.95 bits per heavy atom. The number of imidazole rings is 1. The molecule has 0 radical (unpaired) electrons. The fourth-order valence-corrected chi connectivity index (χ4v) is 2.20. The van der Waals surface area contributed by atoms with Gasteiger partial charge in [-0.25, -0.2) is 4.98 Å².